The van der Waals surface area contributed by atoms with Gasteiger partial charge in [-0.15, -0.1) is 0 Å². The van der Waals surface area contributed by atoms with E-state index in [0.717, 1.165) is 30.0 Å². The van der Waals surface area contributed by atoms with E-state index in [1.807, 2.05) is 25.1 Å². The SMILES string of the molecule is CCN(CC)c1ccc(N/C=C(/C#N)C(=O)N(CCO)CCO)c(C)c1. The van der Waals surface area contributed by atoms with Crippen LogP contribution in [0.1, 0.15) is 19.4 Å². The minimum absolute atomic E-state index is 0.0655. The van der Waals surface area contributed by atoms with E-state index in [4.69, 9.17) is 10.2 Å². The number of anilines is 2. The Balaban J connectivity index is 2.95. The van der Waals surface area contributed by atoms with Crippen LogP contribution in [0.3, 0.4) is 0 Å². The summed E-state index contributed by atoms with van der Waals surface area (Å²) in [6.45, 7) is 7.66. The van der Waals surface area contributed by atoms with Gasteiger partial charge in [-0.2, -0.15) is 5.26 Å². The lowest BCUT2D eigenvalue weighted by molar-refractivity contribution is -0.127. The summed E-state index contributed by atoms with van der Waals surface area (Å²) in [4.78, 5) is 15.8. The molecule has 0 aromatic heterocycles. The van der Waals surface area contributed by atoms with Crippen LogP contribution in [0.25, 0.3) is 0 Å². The molecule has 0 saturated carbocycles. The van der Waals surface area contributed by atoms with Crippen molar-refractivity contribution < 1.29 is 15.0 Å². The third-order valence-corrected chi connectivity index (χ3v) is 4.09. The first-order valence-corrected chi connectivity index (χ1v) is 8.75. The fraction of sp³-hybridized carbons (Fsp3) is 0.474. The van der Waals surface area contributed by atoms with Gasteiger partial charge in [0.05, 0.1) is 13.2 Å². The Labute approximate surface area is 155 Å². The molecule has 0 unspecified atom stereocenters. The van der Waals surface area contributed by atoms with Crippen LogP contribution in [0.2, 0.25) is 0 Å². The second-order valence-electron chi connectivity index (χ2n) is 5.73. The predicted molar refractivity (Wildman–Crippen MR) is 103 cm³/mol. The van der Waals surface area contributed by atoms with Gasteiger partial charge in [0.25, 0.3) is 5.91 Å². The Morgan fingerprint density at radius 1 is 1.23 bits per heavy atom. The monoisotopic (exact) mass is 360 g/mol. The largest absolute Gasteiger partial charge is 0.395 e. The second kappa shape index (κ2) is 11.1. The highest BCUT2D eigenvalue weighted by Gasteiger charge is 2.17. The average Bonchev–Trinajstić information content (AvgIpc) is 2.64. The normalized spacial score (nSPS) is 11.0. The van der Waals surface area contributed by atoms with Crippen molar-refractivity contribution in [3.63, 3.8) is 0 Å². The van der Waals surface area contributed by atoms with Crippen LogP contribution < -0.4 is 10.2 Å². The predicted octanol–water partition coefficient (Wildman–Crippen LogP) is 1.47. The molecule has 0 fully saturated rings. The molecular weight excluding hydrogens is 332 g/mol. The zero-order chi connectivity index (χ0) is 19.5. The molecule has 0 bridgehead atoms. The van der Waals surface area contributed by atoms with Gasteiger partial charge in [-0.25, -0.2) is 0 Å². The molecule has 7 nitrogen and oxygen atoms in total. The number of hydrogen-bond donors (Lipinski definition) is 3. The number of nitrogens with one attached hydrogen (secondary N) is 1. The van der Waals surface area contributed by atoms with Crippen molar-refractivity contribution in [1.29, 1.82) is 5.26 Å². The molecule has 1 aromatic rings. The molecule has 1 amide bonds. The Morgan fingerprint density at radius 2 is 1.85 bits per heavy atom. The number of nitrogens with zero attached hydrogens (tertiary/aromatic N) is 3. The lowest BCUT2D eigenvalue weighted by Crippen LogP contribution is -2.36. The molecule has 0 spiro atoms. The van der Waals surface area contributed by atoms with Crippen molar-refractivity contribution in [3.05, 3.63) is 35.5 Å². The molecule has 7 heteroatoms. The summed E-state index contributed by atoms with van der Waals surface area (Å²) in [5, 5.41) is 30.3. The summed E-state index contributed by atoms with van der Waals surface area (Å²) in [5.41, 5.74) is 2.84. The summed E-state index contributed by atoms with van der Waals surface area (Å²) < 4.78 is 0. The number of amides is 1. The van der Waals surface area contributed by atoms with Crippen molar-refractivity contribution in [2.75, 3.05) is 49.6 Å². The van der Waals surface area contributed by atoms with Gasteiger partial charge < -0.3 is 25.3 Å². The minimum atomic E-state index is -0.527. The average molecular weight is 360 g/mol. The Bertz CT molecular complexity index is 657. The molecule has 26 heavy (non-hydrogen) atoms. The number of benzene rings is 1. The molecule has 0 aliphatic heterocycles. The zero-order valence-electron chi connectivity index (χ0n) is 15.7. The lowest BCUT2D eigenvalue weighted by Gasteiger charge is -2.22. The highest BCUT2D eigenvalue weighted by atomic mass is 16.3. The van der Waals surface area contributed by atoms with E-state index in [1.165, 1.54) is 11.1 Å². The molecule has 0 heterocycles. The standard InChI is InChI=1S/C19H28N4O3/c1-4-22(5-2)17-6-7-18(15(3)12-17)21-14-16(13-20)19(26)23(8-10-24)9-11-25/h6-7,12,14,21,24-25H,4-5,8-11H2,1-3H3/b16-14-. The number of nitriles is 1. The van der Waals surface area contributed by atoms with E-state index >= 15 is 0 Å². The van der Waals surface area contributed by atoms with Gasteiger partial charge in [-0.3, -0.25) is 4.79 Å². The van der Waals surface area contributed by atoms with Gasteiger partial charge >= 0.3 is 0 Å². The molecule has 0 aliphatic rings. The number of aryl methyl sites for hydroxylation is 1. The molecule has 1 aromatic carbocycles. The van der Waals surface area contributed by atoms with Crippen LogP contribution in [0, 0.1) is 18.3 Å². The maximum absolute atomic E-state index is 12.3. The number of aliphatic hydroxyl groups excluding tert-OH is 2. The molecule has 3 N–H and O–H groups in total. The van der Waals surface area contributed by atoms with Crippen LogP contribution in [0.15, 0.2) is 30.0 Å². The van der Waals surface area contributed by atoms with Crippen molar-refractivity contribution in [2.45, 2.75) is 20.8 Å². The summed E-state index contributed by atoms with van der Waals surface area (Å²) in [6.07, 6.45) is 1.36. The molecule has 0 radical (unpaired) electrons. The van der Waals surface area contributed by atoms with Gasteiger partial charge in [0, 0.05) is 43.8 Å². The summed E-state index contributed by atoms with van der Waals surface area (Å²) in [6, 6.07) is 7.84. The van der Waals surface area contributed by atoms with Crippen molar-refractivity contribution >= 4 is 17.3 Å². The van der Waals surface area contributed by atoms with E-state index in [9.17, 15) is 10.1 Å². The number of hydrogen-bond acceptors (Lipinski definition) is 6. The lowest BCUT2D eigenvalue weighted by atomic mass is 10.1. The van der Waals surface area contributed by atoms with Gasteiger partial charge in [-0.1, -0.05) is 0 Å². The van der Waals surface area contributed by atoms with E-state index < -0.39 is 5.91 Å². The Hall–Kier alpha value is -2.56. The highest BCUT2D eigenvalue weighted by molar-refractivity contribution is 5.97. The van der Waals surface area contributed by atoms with Crippen LogP contribution >= 0.6 is 0 Å². The van der Waals surface area contributed by atoms with Crippen LogP contribution in [-0.2, 0) is 4.79 Å². The second-order valence-corrected chi connectivity index (χ2v) is 5.73. The van der Waals surface area contributed by atoms with Crippen molar-refractivity contribution in [1.82, 2.24) is 4.90 Å². The number of rotatable bonds is 10. The van der Waals surface area contributed by atoms with Crippen LogP contribution in [0.4, 0.5) is 11.4 Å². The fourth-order valence-electron chi connectivity index (χ4n) is 2.61. The zero-order valence-corrected chi connectivity index (χ0v) is 15.7. The Kier molecular flexibility index (Phi) is 9.20. The molecule has 0 atom stereocenters. The fourth-order valence-corrected chi connectivity index (χ4v) is 2.61. The molecular formula is C19H28N4O3. The summed E-state index contributed by atoms with van der Waals surface area (Å²) in [7, 11) is 0. The first-order valence-electron chi connectivity index (χ1n) is 8.75. The van der Waals surface area contributed by atoms with Gasteiger partial charge in [0.2, 0.25) is 0 Å². The van der Waals surface area contributed by atoms with E-state index in [2.05, 4.69) is 30.1 Å². The molecule has 142 valence electrons. The van der Waals surface area contributed by atoms with Gasteiger partial charge in [0.1, 0.15) is 11.6 Å². The van der Waals surface area contributed by atoms with Crippen molar-refractivity contribution in [2.24, 2.45) is 0 Å². The van der Waals surface area contributed by atoms with Crippen LogP contribution in [0.5, 0.6) is 0 Å². The van der Waals surface area contributed by atoms with Crippen LogP contribution in [-0.4, -0.2) is 60.4 Å². The van der Waals surface area contributed by atoms with E-state index in [0.29, 0.717) is 0 Å². The Morgan fingerprint density at radius 3 is 2.31 bits per heavy atom. The maximum atomic E-state index is 12.3. The minimum Gasteiger partial charge on any atom is -0.395 e. The van der Waals surface area contributed by atoms with E-state index in [-0.39, 0.29) is 31.9 Å². The first kappa shape index (κ1) is 21.5. The quantitative estimate of drug-likeness (QED) is 0.432. The molecule has 0 aliphatic carbocycles. The smallest absolute Gasteiger partial charge is 0.266 e. The topological polar surface area (TPSA) is 99.8 Å². The highest BCUT2D eigenvalue weighted by Crippen LogP contribution is 2.23. The van der Waals surface area contributed by atoms with Crippen molar-refractivity contribution in [3.8, 4) is 6.07 Å². The first-order chi connectivity index (χ1) is 12.5. The van der Waals surface area contributed by atoms with Gasteiger partial charge in [0.15, 0.2) is 0 Å². The molecule has 1 rings (SSSR count). The summed E-state index contributed by atoms with van der Waals surface area (Å²) in [5.74, 6) is -0.527. The third kappa shape index (κ3) is 5.76. The molecule has 0 saturated heterocycles. The number of carbonyl (C=O) groups excluding carboxylic acids is 1. The summed E-state index contributed by atoms with van der Waals surface area (Å²) >= 11 is 0. The van der Waals surface area contributed by atoms with E-state index in [1.54, 1.807) is 0 Å². The maximum Gasteiger partial charge on any atom is 0.266 e. The van der Waals surface area contributed by atoms with Gasteiger partial charge in [-0.05, 0) is 44.5 Å². The third-order valence-electron chi connectivity index (χ3n) is 4.09. The number of carbonyl (C=O) groups is 1. The number of aliphatic hydroxyl groups is 2.